The van der Waals surface area contributed by atoms with Crippen LogP contribution in [0.5, 0.6) is 5.75 Å². The number of carboxylic acid groups (broad SMARTS) is 1. The van der Waals surface area contributed by atoms with E-state index in [0.717, 1.165) is 6.42 Å². The second kappa shape index (κ2) is 6.94. The van der Waals surface area contributed by atoms with Gasteiger partial charge in [0.25, 0.3) is 0 Å². The van der Waals surface area contributed by atoms with E-state index in [0.29, 0.717) is 11.1 Å². The normalized spacial score (nSPS) is 12.0. The van der Waals surface area contributed by atoms with Gasteiger partial charge in [0.15, 0.2) is 5.78 Å². The van der Waals surface area contributed by atoms with Gasteiger partial charge < -0.3 is 10.2 Å². The minimum Gasteiger partial charge on any atom is -0.508 e. The molecule has 4 nitrogen and oxygen atoms in total. The maximum absolute atomic E-state index is 12.9. The zero-order valence-corrected chi connectivity index (χ0v) is 16.0. The summed E-state index contributed by atoms with van der Waals surface area (Å²) in [5, 5.41) is 19.7. The van der Waals surface area contributed by atoms with Gasteiger partial charge in [-0.25, -0.2) is 4.79 Å². The highest BCUT2D eigenvalue weighted by atomic mass is 16.4. The Bertz CT molecular complexity index is 841. The van der Waals surface area contributed by atoms with E-state index in [9.17, 15) is 19.8 Å². The molecule has 2 N–H and O–H groups in total. The minimum absolute atomic E-state index is 0.0268. The maximum atomic E-state index is 12.9. The molecule has 0 aliphatic rings. The zero-order valence-electron chi connectivity index (χ0n) is 16.0. The first-order chi connectivity index (χ1) is 11.9. The number of hydrogen-bond acceptors (Lipinski definition) is 3. The minimum atomic E-state index is -1.14. The number of rotatable bonds is 5. The Labute approximate surface area is 154 Å². The monoisotopic (exact) mass is 354 g/mol. The van der Waals surface area contributed by atoms with Crippen molar-refractivity contribution in [2.45, 2.75) is 46.5 Å². The van der Waals surface area contributed by atoms with E-state index in [4.69, 9.17) is 0 Å². The first-order valence-corrected chi connectivity index (χ1v) is 8.63. The molecule has 0 aliphatic carbocycles. The first kappa shape index (κ1) is 19.7. The smallest absolute Gasteiger partial charge is 0.336 e. The fourth-order valence-electron chi connectivity index (χ4n) is 3.66. The average Bonchev–Trinajstić information content (AvgIpc) is 2.52. The van der Waals surface area contributed by atoms with Crippen LogP contribution in [-0.4, -0.2) is 22.0 Å². The van der Waals surface area contributed by atoms with Gasteiger partial charge in [-0.15, -0.1) is 0 Å². The number of carbonyl (C=O) groups excluding carboxylic acids is 1. The fourth-order valence-corrected chi connectivity index (χ4v) is 3.66. The third-order valence-corrected chi connectivity index (χ3v) is 4.36. The fraction of sp³-hybridized carbons (Fsp3) is 0.364. The van der Waals surface area contributed by atoms with Crippen molar-refractivity contribution in [3.8, 4) is 5.75 Å². The molecule has 0 heterocycles. The van der Waals surface area contributed by atoms with Gasteiger partial charge in [0, 0.05) is 16.7 Å². The van der Waals surface area contributed by atoms with Gasteiger partial charge in [0.05, 0.1) is 5.56 Å². The molecule has 0 amide bonds. The van der Waals surface area contributed by atoms with E-state index in [1.165, 1.54) is 24.3 Å². The van der Waals surface area contributed by atoms with Crippen molar-refractivity contribution in [2.24, 2.45) is 5.41 Å². The van der Waals surface area contributed by atoms with Crippen molar-refractivity contribution in [1.29, 1.82) is 0 Å². The second-order valence-electron chi connectivity index (χ2n) is 8.53. The SMILES string of the molecule is CC(C)(C)CC(C)(C)c1cc(C(=O)c2ccccc2C(=O)O)ccc1O. The molecular formula is C22H26O4. The summed E-state index contributed by atoms with van der Waals surface area (Å²) in [6.45, 7) is 10.5. The molecule has 2 rings (SSSR count). The predicted molar refractivity (Wildman–Crippen MR) is 102 cm³/mol. The summed E-state index contributed by atoms with van der Waals surface area (Å²) in [6, 6.07) is 10.9. The highest BCUT2D eigenvalue weighted by molar-refractivity contribution is 6.14. The molecule has 0 unspecified atom stereocenters. The Morgan fingerprint density at radius 3 is 2.04 bits per heavy atom. The molecule has 0 bridgehead atoms. The number of phenolic OH excluding ortho intramolecular Hbond substituents is 1. The van der Waals surface area contributed by atoms with Crippen molar-refractivity contribution < 1.29 is 19.8 Å². The summed E-state index contributed by atoms with van der Waals surface area (Å²) >= 11 is 0. The molecule has 2 aromatic rings. The molecule has 0 fully saturated rings. The maximum Gasteiger partial charge on any atom is 0.336 e. The number of hydrogen-bond donors (Lipinski definition) is 2. The summed E-state index contributed by atoms with van der Waals surface area (Å²) in [5.41, 5.74) is 0.877. The highest BCUT2D eigenvalue weighted by Crippen LogP contribution is 2.40. The Kier molecular flexibility index (Phi) is 5.26. The molecule has 4 heteroatoms. The Balaban J connectivity index is 2.51. The molecule has 138 valence electrons. The lowest BCUT2D eigenvalue weighted by Gasteiger charge is -2.33. The molecule has 26 heavy (non-hydrogen) atoms. The second-order valence-corrected chi connectivity index (χ2v) is 8.53. The standard InChI is InChI=1S/C22H26O4/c1-21(2,3)13-22(4,5)17-12-14(10-11-18(17)23)19(24)15-8-6-7-9-16(15)20(25)26/h6-12,23H,13H2,1-5H3,(H,25,26). The van der Waals surface area contributed by atoms with Crippen LogP contribution in [0.4, 0.5) is 0 Å². The number of aromatic carboxylic acids is 1. The number of phenols is 1. The molecule has 0 saturated carbocycles. The number of ketones is 1. The van der Waals surface area contributed by atoms with Crippen molar-refractivity contribution >= 4 is 11.8 Å². The molecule has 2 aromatic carbocycles. The van der Waals surface area contributed by atoms with Crippen molar-refractivity contribution in [3.05, 3.63) is 64.7 Å². The number of aromatic hydroxyl groups is 1. The number of carbonyl (C=O) groups is 2. The van der Waals surface area contributed by atoms with Crippen LogP contribution in [0.25, 0.3) is 0 Å². The molecule has 0 saturated heterocycles. The van der Waals surface area contributed by atoms with Crippen LogP contribution in [-0.2, 0) is 5.41 Å². The van der Waals surface area contributed by atoms with Crippen LogP contribution < -0.4 is 0 Å². The molecule has 0 aliphatic heterocycles. The Morgan fingerprint density at radius 1 is 0.923 bits per heavy atom. The summed E-state index contributed by atoms with van der Waals surface area (Å²) in [4.78, 5) is 24.3. The molecular weight excluding hydrogens is 328 g/mol. The van der Waals surface area contributed by atoms with E-state index in [1.54, 1.807) is 18.2 Å². The first-order valence-electron chi connectivity index (χ1n) is 8.63. The highest BCUT2D eigenvalue weighted by Gasteiger charge is 2.30. The van der Waals surface area contributed by atoms with Crippen molar-refractivity contribution in [1.82, 2.24) is 0 Å². The molecule has 0 atom stereocenters. The number of carboxylic acids is 1. The van der Waals surface area contributed by atoms with Gasteiger partial charge in [-0.05, 0) is 41.5 Å². The summed E-state index contributed by atoms with van der Waals surface area (Å²) in [7, 11) is 0. The summed E-state index contributed by atoms with van der Waals surface area (Å²) in [6.07, 6.45) is 0.816. The van der Waals surface area contributed by atoms with Crippen molar-refractivity contribution in [3.63, 3.8) is 0 Å². The molecule has 0 spiro atoms. The Morgan fingerprint density at radius 2 is 1.50 bits per heavy atom. The third kappa shape index (κ3) is 4.31. The van der Waals surface area contributed by atoms with Gasteiger partial charge in [-0.1, -0.05) is 52.8 Å². The zero-order chi connectivity index (χ0) is 19.7. The van der Waals surface area contributed by atoms with Gasteiger partial charge >= 0.3 is 5.97 Å². The van der Waals surface area contributed by atoms with Gasteiger partial charge in [0.1, 0.15) is 5.75 Å². The summed E-state index contributed by atoms with van der Waals surface area (Å²) in [5.74, 6) is -1.36. The van der Waals surface area contributed by atoms with Gasteiger partial charge in [-0.3, -0.25) is 4.79 Å². The van der Waals surface area contributed by atoms with Crippen LogP contribution in [0.2, 0.25) is 0 Å². The van der Waals surface area contributed by atoms with Crippen LogP contribution in [0, 0.1) is 5.41 Å². The van der Waals surface area contributed by atoms with E-state index >= 15 is 0 Å². The average molecular weight is 354 g/mol. The van der Waals surface area contributed by atoms with Crippen LogP contribution in [0.1, 0.15) is 72.9 Å². The van der Waals surface area contributed by atoms with E-state index in [2.05, 4.69) is 20.8 Å². The molecule has 0 aromatic heterocycles. The lowest BCUT2D eigenvalue weighted by atomic mass is 9.71. The third-order valence-electron chi connectivity index (χ3n) is 4.36. The lowest BCUT2D eigenvalue weighted by molar-refractivity contribution is 0.0692. The van der Waals surface area contributed by atoms with E-state index in [-0.39, 0.29) is 33.5 Å². The van der Waals surface area contributed by atoms with E-state index in [1.807, 2.05) is 13.8 Å². The van der Waals surface area contributed by atoms with Gasteiger partial charge in [0.2, 0.25) is 0 Å². The molecule has 0 radical (unpaired) electrons. The van der Waals surface area contributed by atoms with Gasteiger partial charge in [-0.2, -0.15) is 0 Å². The van der Waals surface area contributed by atoms with Crippen LogP contribution >= 0.6 is 0 Å². The predicted octanol–water partition coefficient (Wildman–Crippen LogP) is 5.04. The van der Waals surface area contributed by atoms with E-state index < -0.39 is 5.97 Å². The van der Waals surface area contributed by atoms with Crippen LogP contribution in [0.3, 0.4) is 0 Å². The number of benzene rings is 2. The Hall–Kier alpha value is -2.62. The quantitative estimate of drug-likeness (QED) is 0.738. The topological polar surface area (TPSA) is 74.6 Å². The lowest BCUT2D eigenvalue weighted by Crippen LogP contribution is -2.25. The summed E-state index contributed by atoms with van der Waals surface area (Å²) < 4.78 is 0. The van der Waals surface area contributed by atoms with Crippen LogP contribution in [0.15, 0.2) is 42.5 Å². The largest absolute Gasteiger partial charge is 0.508 e. The van der Waals surface area contributed by atoms with Crippen molar-refractivity contribution in [2.75, 3.05) is 0 Å².